The SMILES string of the molecule is O=C(Nc1cccc(Br)c1)c1nn(-c2ccc(F)cc2)c2ccccc12. The van der Waals surface area contributed by atoms with E-state index in [0.29, 0.717) is 17.1 Å². The second kappa shape index (κ2) is 6.72. The summed E-state index contributed by atoms with van der Waals surface area (Å²) < 4.78 is 15.7. The van der Waals surface area contributed by atoms with E-state index >= 15 is 0 Å². The van der Waals surface area contributed by atoms with E-state index in [1.165, 1.54) is 12.1 Å². The number of para-hydroxylation sites is 1. The van der Waals surface area contributed by atoms with Gasteiger partial charge in [0.15, 0.2) is 5.69 Å². The van der Waals surface area contributed by atoms with Gasteiger partial charge in [0.2, 0.25) is 0 Å². The highest BCUT2D eigenvalue weighted by Gasteiger charge is 2.18. The van der Waals surface area contributed by atoms with E-state index in [4.69, 9.17) is 0 Å². The first-order chi connectivity index (χ1) is 12.6. The van der Waals surface area contributed by atoms with Crippen LogP contribution in [0.5, 0.6) is 0 Å². The van der Waals surface area contributed by atoms with E-state index in [1.54, 1.807) is 16.8 Å². The summed E-state index contributed by atoms with van der Waals surface area (Å²) in [6.45, 7) is 0. The summed E-state index contributed by atoms with van der Waals surface area (Å²) in [7, 11) is 0. The average Bonchev–Trinajstić information content (AvgIpc) is 3.02. The summed E-state index contributed by atoms with van der Waals surface area (Å²) in [6.07, 6.45) is 0. The van der Waals surface area contributed by atoms with Gasteiger partial charge in [0, 0.05) is 15.5 Å². The van der Waals surface area contributed by atoms with Gasteiger partial charge in [-0.05, 0) is 48.5 Å². The molecule has 4 aromatic rings. The number of fused-ring (bicyclic) bond motifs is 1. The van der Waals surface area contributed by atoms with Crippen LogP contribution in [0.4, 0.5) is 10.1 Å². The number of halogens is 2. The summed E-state index contributed by atoms with van der Waals surface area (Å²) in [5.74, 6) is -0.627. The fourth-order valence-electron chi connectivity index (χ4n) is 2.77. The normalized spacial score (nSPS) is 10.8. The molecule has 3 aromatic carbocycles. The third-order valence-electron chi connectivity index (χ3n) is 3.96. The lowest BCUT2D eigenvalue weighted by molar-refractivity contribution is 0.102. The van der Waals surface area contributed by atoms with Gasteiger partial charge >= 0.3 is 0 Å². The lowest BCUT2D eigenvalue weighted by Crippen LogP contribution is -2.13. The number of hydrogen-bond acceptors (Lipinski definition) is 2. The Morgan fingerprint density at radius 1 is 1.00 bits per heavy atom. The monoisotopic (exact) mass is 409 g/mol. The zero-order chi connectivity index (χ0) is 18.1. The van der Waals surface area contributed by atoms with Gasteiger partial charge in [-0.1, -0.05) is 40.2 Å². The maximum absolute atomic E-state index is 13.2. The molecule has 26 heavy (non-hydrogen) atoms. The lowest BCUT2D eigenvalue weighted by atomic mass is 10.2. The molecule has 1 aromatic heterocycles. The summed E-state index contributed by atoms with van der Waals surface area (Å²) in [5.41, 5.74) is 2.44. The van der Waals surface area contributed by atoms with Crippen LogP contribution in [0.25, 0.3) is 16.6 Å². The maximum atomic E-state index is 13.2. The Kier molecular flexibility index (Phi) is 4.26. The van der Waals surface area contributed by atoms with Gasteiger partial charge < -0.3 is 5.32 Å². The van der Waals surface area contributed by atoms with E-state index in [0.717, 1.165) is 15.4 Å². The third kappa shape index (κ3) is 3.11. The van der Waals surface area contributed by atoms with Crippen molar-refractivity contribution in [1.82, 2.24) is 9.78 Å². The van der Waals surface area contributed by atoms with Crippen molar-refractivity contribution in [3.63, 3.8) is 0 Å². The molecule has 0 fully saturated rings. The smallest absolute Gasteiger partial charge is 0.276 e. The molecule has 1 amide bonds. The quantitative estimate of drug-likeness (QED) is 0.506. The lowest BCUT2D eigenvalue weighted by Gasteiger charge is -2.04. The first kappa shape index (κ1) is 16.5. The van der Waals surface area contributed by atoms with Crippen molar-refractivity contribution in [3.8, 4) is 5.69 Å². The zero-order valence-corrected chi connectivity index (χ0v) is 15.1. The van der Waals surface area contributed by atoms with Crippen molar-refractivity contribution in [2.24, 2.45) is 0 Å². The molecule has 1 heterocycles. The molecule has 0 bridgehead atoms. The van der Waals surface area contributed by atoms with E-state index in [-0.39, 0.29) is 11.7 Å². The number of anilines is 1. The number of carbonyl (C=O) groups is 1. The van der Waals surface area contributed by atoms with Gasteiger partial charge in [-0.25, -0.2) is 9.07 Å². The van der Waals surface area contributed by atoms with Gasteiger partial charge in [-0.2, -0.15) is 5.10 Å². The maximum Gasteiger partial charge on any atom is 0.276 e. The fourth-order valence-corrected chi connectivity index (χ4v) is 3.17. The Morgan fingerprint density at radius 3 is 2.54 bits per heavy atom. The van der Waals surface area contributed by atoms with Gasteiger partial charge in [0.1, 0.15) is 5.82 Å². The van der Waals surface area contributed by atoms with Crippen molar-refractivity contribution in [1.29, 1.82) is 0 Å². The number of nitrogens with one attached hydrogen (secondary N) is 1. The molecule has 0 aliphatic heterocycles. The summed E-state index contributed by atoms with van der Waals surface area (Å²) in [5, 5.41) is 8.06. The minimum atomic E-state index is -0.321. The van der Waals surface area contributed by atoms with Crippen molar-refractivity contribution in [2.45, 2.75) is 0 Å². The Hall–Kier alpha value is -2.99. The first-order valence-corrected chi connectivity index (χ1v) is 8.72. The summed E-state index contributed by atoms with van der Waals surface area (Å²) in [6, 6.07) is 20.8. The second-order valence-corrected chi connectivity index (χ2v) is 6.63. The van der Waals surface area contributed by atoms with Gasteiger partial charge in [-0.15, -0.1) is 0 Å². The number of nitrogens with zero attached hydrogens (tertiary/aromatic N) is 2. The molecule has 6 heteroatoms. The minimum absolute atomic E-state index is 0.305. The molecule has 0 saturated carbocycles. The molecule has 0 unspecified atom stereocenters. The minimum Gasteiger partial charge on any atom is -0.321 e. The molecule has 128 valence electrons. The molecule has 0 aliphatic rings. The van der Waals surface area contributed by atoms with Crippen LogP contribution < -0.4 is 5.32 Å². The highest BCUT2D eigenvalue weighted by Crippen LogP contribution is 2.24. The first-order valence-electron chi connectivity index (χ1n) is 7.92. The molecule has 4 rings (SSSR count). The standard InChI is InChI=1S/C20H13BrFN3O/c21-13-4-3-5-15(12-13)23-20(26)19-17-6-1-2-7-18(17)25(24-19)16-10-8-14(22)9-11-16/h1-12H,(H,23,26). The molecule has 0 saturated heterocycles. The van der Waals surface area contributed by atoms with Gasteiger partial charge in [0.25, 0.3) is 5.91 Å². The van der Waals surface area contributed by atoms with Crippen molar-refractivity contribution in [2.75, 3.05) is 5.32 Å². The number of carbonyl (C=O) groups excluding carboxylic acids is 1. The molecule has 0 radical (unpaired) electrons. The van der Waals surface area contributed by atoms with Crippen LogP contribution in [-0.4, -0.2) is 15.7 Å². The molecule has 0 spiro atoms. The average molecular weight is 410 g/mol. The van der Waals surface area contributed by atoms with Crippen LogP contribution >= 0.6 is 15.9 Å². The zero-order valence-electron chi connectivity index (χ0n) is 13.5. The van der Waals surface area contributed by atoms with Crippen LogP contribution in [0.1, 0.15) is 10.5 Å². The van der Waals surface area contributed by atoms with Crippen LogP contribution in [0.3, 0.4) is 0 Å². The van der Waals surface area contributed by atoms with E-state index in [1.807, 2.05) is 48.5 Å². The Bertz CT molecular complexity index is 1110. The third-order valence-corrected chi connectivity index (χ3v) is 4.45. The van der Waals surface area contributed by atoms with Crippen LogP contribution in [0.15, 0.2) is 77.3 Å². The highest BCUT2D eigenvalue weighted by atomic mass is 79.9. The topological polar surface area (TPSA) is 46.9 Å². The van der Waals surface area contributed by atoms with E-state index in [2.05, 4.69) is 26.3 Å². The van der Waals surface area contributed by atoms with Gasteiger partial charge in [0.05, 0.1) is 11.2 Å². The Labute approximate surface area is 157 Å². The van der Waals surface area contributed by atoms with Crippen LogP contribution in [-0.2, 0) is 0 Å². The number of rotatable bonds is 3. The van der Waals surface area contributed by atoms with E-state index < -0.39 is 0 Å². The fraction of sp³-hybridized carbons (Fsp3) is 0. The number of aromatic nitrogens is 2. The highest BCUT2D eigenvalue weighted by molar-refractivity contribution is 9.10. The summed E-state index contributed by atoms with van der Waals surface area (Å²) in [4.78, 5) is 12.8. The molecule has 0 aliphatic carbocycles. The molecule has 4 nitrogen and oxygen atoms in total. The molecule has 0 atom stereocenters. The molecule has 1 N–H and O–H groups in total. The van der Waals surface area contributed by atoms with Crippen LogP contribution in [0.2, 0.25) is 0 Å². The number of benzene rings is 3. The van der Waals surface area contributed by atoms with Crippen molar-refractivity contribution < 1.29 is 9.18 Å². The summed E-state index contributed by atoms with van der Waals surface area (Å²) >= 11 is 3.39. The Balaban J connectivity index is 1.78. The second-order valence-electron chi connectivity index (χ2n) is 5.72. The Morgan fingerprint density at radius 2 is 1.77 bits per heavy atom. The van der Waals surface area contributed by atoms with Gasteiger partial charge in [-0.3, -0.25) is 4.79 Å². The van der Waals surface area contributed by atoms with Crippen molar-refractivity contribution >= 4 is 38.4 Å². The molecular formula is C20H13BrFN3O. The predicted octanol–water partition coefficient (Wildman–Crippen LogP) is 5.18. The number of hydrogen-bond donors (Lipinski definition) is 1. The van der Waals surface area contributed by atoms with Crippen LogP contribution in [0, 0.1) is 5.82 Å². The van der Waals surface area contributed by atoms with E-state index in [9.17, 15) is 9.18 Å². The largest absolute Gasteiger partial charge is 0.321 e. The molecular weight excluding hydrogens is 397 g/mol. The predicted molar refractivity (Wildman–Crippen MR) is 103 cm³/mol. The number of amides is 1. The van der Waals surface area contributed by atoms with Crippen molar-refractivity contribution in [3.05, 3.63) is 88.8 Å².